The highest BCUT2D eigenvalue weighted by Gasteiger charge is 2.08. The quantitative estimate of drug-likeness (QED) is 0.636. The van der Waals surface area contributed by atoms with E-state index in [4.69, 9.17) is 0 Å². The summed E-state index contributed by atoms with van der Waals surface area (Å²) in [7, 11) is 0. The van der Waals surface area contributed by atoms with Crippen LogP contribution in [0.1, 0.15) is 25.5 Å². The Bertz CT molecular complexity index is 229. The van der Waals surface area contributed by atoms with Crippen molar-refractivity contribution in [2.75, 3.05) is 0 Å². The Kier molecular flexibility index (Phi) is 1.80. The Morgan fingerprint density at radius 2 is 2.40 bits per heavy atom. The number of nitroso groups, excluding NO2 is 1. The van der Waals surface area contributed by atoms with Crippen LogP contribution in [0.5, 0.6) is 0 Å². The molecule has 4 nitrogen and oxygen atoms in total. The summed E-state index contributed by atoms with van der Waals surface area (Å²) in [5, 5.41) is 9.26. The number of hydrogen-bond acceptors (Lipinski definition) is 3. The molecule has 4 heteroatoms. The van der Waals surface area contributed by atoms with E-state index in [1.54, 1.807) is 0 Å². The molecule has 0 spiro atoms. The molecule has 0 saturated heterocycles. The van der Waals surface area contributed by atoms with Crippen molar-refractivity contribution in [2.24, 2.45) is 5.18 Å². The molecule has 1 aromatic heterocycles. The predicted octanol–water partition coefficient (Wildman–Crippen LogP) is 1.93. The average Bonchev–Trinajstić information content (AvgIpc) is 2.33. The van der Waals surface area contributed by atoms with Crippen molar-refractivity contribution in [2.45, 2.75) is 19.8 Å². The third-order valence-corrected chi connectivity index (χ3v) is 1.29. The highest BCUT2D eigenvalue weighted by atomic mass is 16.3. The molecule has 0 aliphatic carbocycles. The van der Waals surface area contributed by atoms with Gasteiger partial charge in [0.25, 0.3) is 0 Å². The zero-order valence-electron chi connectivity index (χ0n) is 5.96. The molecule has 0 bridgehead atoms. The van der Waals surface area contributed by atoms with Crippen LogP contribution in [0.25, 0.3) is 0 Å². The summed E-state index contributed by atoms with van der Waals surface area (Å²) in [6.07, 6.45) is 1.50. The summed E-state index contributed by atoms with van der Waals surface area (Å²) in [5.74, 6) is 0.249. The number of H-pyrrole nitrogens is 1. The van der Waals surface area contributed by atoms with Gasteiger partial charge in [0.15, 0.2) is 0 Å². The maximum Gasteiger partial charge on any atom is 0.149 e. The van der Waals surface area contributed by atoms with Crippen LogP contribution in [-0.4, -0.2) is 10.2 Å². The molecule has 0 radical (unpaired) electrons. The van der Waals surface area contributed by atoms with Crippen LogP contribution < -0.4 is 0 Å². The van der Waals surface area contributed by atoms with Crippen LogP contribution in [0.4, 0.5) is 5.69 Å². The van der Waals surface area contributed by atoms with Gasteiger partial charge < -0.3 is 0 Å². The Morgan fingerprint density at radius 3 is 2.80 bits per heavy atom. The number of hydrogen-bond donors (Lipinski definition) is 1. The fraction of sp³-hybridized carbons (Fsp3) is 0.500. The minimum Gasteiger partial charge on any atom is -0.283 e. The second-order valence-corrected chi connectivity index (χ2v) is 2.40. The van der Waals surface area contributed by atoms with E-state index < -0.39 is 0 Å². The van der Waals surface area contributed by atoms with E-state index >= 15 is 0 Å². The zero-order chi connectivity index (χ0) is 7.56. The lowest BCUT2D eigenvalue weighted by Gasteiger charge is -1.96. The maximum atomic E-state index is 10.1. The van der Waals surface area contributed by atoms with Gasteiger partial charge in [0.1, 0.15) is 5.69 Å². The summed E-state index contributed by atoms with van der Waals surface area (Å²) in [5.41, 5.74) is 1.14. The first kappa shape index (κ1) is 6.92. The van der Waals surface area contributed by atoms with Crippen LogP contribution in [-0.2, 0) is 0 Å². The standard InChI is InChI=1S/C6H9N3O/c1-4(2)6-5(9-10)3-7-8-6/h3-4H,1-2H3,(H,7,8). The molecule has 1 N–H and O–H groups in total. The van der Waals surface area contributed by atoms with Gasteiger partial charge >= 0.3 is 0 Å². The second-order valence-electron chi connectivity index (χ2n) is 2.40. The number of nitrogens with zero attached hydrogens (tertiary/aromatic N) is 2. The van der Waals surface area contributed by atoms with Crippen molar-refractivity contribution < 1.29 is 0 Å². The number of rotatable bonds is 2. The van der Waals surface area contributed by atoms with Gasteiger partial charge in [-0.15, -0.1) is 4.91 Å². The lowest BCUT2D eigenvalue weighted by Crippen LogP contribution is -1.86. The molecule has 54 valence electrons. The average molecular weight is 139 g/mol. The van der Waals surface area contributed by atoms with E-state index in [1.165, 1.54) is 6.20 Å². The lowest BCUT2D eigenvalue weighted by molar-refractivity contribution is 0.811. The van der Waals surface area contributed by atoms with Crippen LogP contribution in [0, 0.1) is 4.91 Å². The number of aromatic amines is 1. The maximum absolute atomic E-state index is 10.1. The minimum absolute atomic E-state index is 0.249. The minimum atomic E-state index is 0.249. The molecule has 0 amide bonds. The lowest BCUT2D eigenvalue weighted by atomic mass is 10.1. The fourth-order valence-electron chi connectivity index (χ4n) is 0.792. The molecule has 1 aromatic rings. The van der Waals surface area contributed by atoms with E-state index in [9.17, 15) is 4.91 Å². The summed E-state index contributed by atoms with van der Waals surface area (Å²) in [6.45, 7) is 3.93. The Hall–Kier alpha value is -1.19. The van der Waals surface area contributed by atoms with Crippen molar-refractivity contribution >= 4 is 5.69 Å². The molecular weight excluding hydrogens is 130 g/mol. The highest BCUT2D eigenvalue weighted by molar-refractivity contribution is 5.40. The molecule has 1 heterocycles. The largest absolute Gasteiger partial charge is 0.283 e. The monoisotopic (exact) mass is 139 g/mol. The van der Waals surface area contributed by atoms with E-state index in [0.29, 0.717) is 5.69 Å². The van der Waals surface area contributed by atoms with Crippen molar-refractivity contribution in [1.29, 1.82) is 0 Å². The van der Waals surface area contributed by atoms with Gasteiger partial charge in [-0.05, 0) is 11.1 Å². The van der Waals surface area contributed by atoms with Crippen LogP contribution in [0.15, 0.2) is 11.4 Å². The van der Waals surface area contributed by atoms with Crippen LogP contribution >= 0.6 is 0 Å². The van der Waals surface area contributed by atoms with Gasteiger partial charge in [-0.2, -0.15) is 5.10 Å². The predicted molar refractivity (Wildman–Crippen MR) is 38.1 cm³/mol. The molecule has 0 saturated carbocycles. The molecule has 1 rings (SSSR count). The van der Waals surface area contributed by atoms with Crippen LogP contribution in [0.2, 0.25) is 0 Å². The summed E-state index contributed by atoms with van der Waals surface area (Å²) in [4.78, 5) is 10.1. The van der Waals surface area contributed by atoms with Crippen molar-refractivity contribution in [1.82, 2.24) is 10.2 Å². The molecule has 0 fully saturated rings. The smallest absolute Gasteiger partial charge is 0.149 e. The van der Waals surface area contributed by atoms with E-state index in [-0.39, 0.29) is 5.92 Å². The summed E-state index contributed by atoms with van der Waals surface area (Å²) < 4.78 is 0. The fourth-order valence-corrected chi connectivity index (χ4v) is 0.792. The Labute approximate surface area is 58.6 Å². The topological polar surface area (TPSA) is 58.1 Å². The Morgan fingerprint density at radius 1 is 1.70 bits per heavy atom. The highest BCUT2D eigenvalue weighted by Crippen LogP contribution is 2.22. The molecule has 0 aliphatic rings. The first-order valence-electron chi connectivity index (χ1n) is 3.12. The van der Waals surface area contributed by atoms with Gasteiger partial charge in [0.05, 0.1) is 11.9 Å². The molecule has 0 unspecified atom stereocenters. The third kappa shape index (κ3) is 1.05. The number of nitrogens with one attached hydrogen (secondary N) is 1. The molecular formula is C6H9N3O. The van der Waals surface area contributed by atoms with E-state index in [1.807, 2.05) is 13.8 Å². The normalized spacial score (nSPS) is 10.3. The van der Waals surface area contributed by atoms with Crippen molar-refractivity contribution in [3.8, 4) is 0 Å². The van der Waals surface area contributed by atoms with E-state index in [2.05, 4.69) is 15.4 Å². The van der Waals surface area contributed by atoms with Gasteiger partial charge in [0.2, 0.25) is 0 Å². The van der Waals surface area contributed by atoms with Gasteiger partial charge in [-0.25, -0.2) is 0 Å². The van der Waals surface area contributed by atoms with Gasteiger partial charge in [-0.1, -0.05) is 13.8 Å². The summed E-state index contributed by atoms with van der Waals surface area (Å²) in [6, 6.07) is 0. The summed E-state index contributed by atoms with van der Waals surface area (Å²) >= 11 is 0. The first-order valence-corrected chi connectivity index (χ1v) is 3.12. The second kappa shape index (κ2) is 2.60. The van der Waals surface area contributed by atoms with E-state index in [0.717, 1.165) is 5.69 Å². The Balaban J connectivity index is 3.01. The third-order valence-electron chi connectivity index (χ3n) is 1.29. The van der Waals surface area contributed by atoms with Gasteiger partial charge in [0, 0.05) is 0 Å². The molecule has 0 atom stereocenters. The first-order chi connectivity index (χ1) is 4.75. The van der Waals surface area contributed by atoms with Crippen molar-refractivity contribution in [3.05, 3.63) is 16.8 Å². The molecule has 10 heavy (non-hydrogen) atoms. The SMILES string of the molecule is CC(C)c1n[nH]cc1N=O. The van der Waals surface area contributed by atoms with Crippen molar-refractivity contribution in [3.63, 3.8) is 0 Å². The zero-order valence-corrected chi connectivity index (χ0v) is 5.96. The van der Waals surface area contributed by atoms with Crippen LogP contribution in [0.3, 0.4) is 0 Å². The number of aromatic nitrogens is 2. The molecule has 0 aliphatic heterocycles. The molecule has 0 aromatic carbocycles. The van der Waals surface area contributed by atoms with Gasteiger partial charge in [-0.3, -0.25) is 5.10 Å².